The lowest BCUT2D eigenvalue weighted by Crippen LogP contribution is -2.34. The Morgan fingerprint density at radius 2 is 1.91 bits per heavy atom. The highest BCUT2D eigenvalue weighted by molar-refractivity contribution is 14.0. The Kier molecular flexibility index (Phi) is 6.49. The minimum atomic E-state index is 0. The molecule has 0 unspecified atom stereocenters. The maximum Gasteiger partial charge on any atom is 0.188 e. The van der Waals surface area contributed by atoms with E-state index in [0.29, 0.717) is 5.96 Å². The molecule has 2 aromatic carbocycles. The third-order valence-electron chi connectivity index (χ3n) is 4.32. The molecule has 3 N–H and O–H groups in total. The standard InChI is InChI=1S/C18H23N3.HI/c19-18(21-13-14-5-3-6-14)20-12-11-16-9-4-8-15-7-1-2-10-17(15)16;/h1-2,4,7-10,14H,3,5-6,11-13H2,(H3,19,20,21);1H. The zero-order valence-corrected chi connectivity index (χ0v) is 15.1. The molecule has 0 aliphatic heterocycles. The molecule has 1 aliphatic carbocycles. The quantitative estimate of drug-likeness (QED) is 0.450. The maximum atomic E-state index is 5.92. The molecule has 0 radical (unpaired) electrons. The SMILES string of the molecule is I.NC(=NCC1CCC1)NCCc1cccc2ccccc12. The lowest BCUT2D eigenvalue weighted by molar-refractivity contribution is 0.326. The lowest BCUT2D eigenvalue weighted by atomic mass is 9.86. The number of rotatable bonds is 5. The first-order valence-electron chi connectivity index (χ1n) is 7.83. The van der Waals surface area contributed by atoms with Gasteiger partial charge in [-0.3, -0.25) is 4.99 Å². The van der Waals surface area contributed by atoms with Gasteiger partial charge >= 0.3 is 0 Å². The summed E-state index contributed by atoms with van der Waals surface area (Å²) < 4.78 is 0. The van der Waals surface area contributed by atoms with E-state index < -0.39 is 0 Å². The number of nitrogens with one attached hydrogen (secondary N) is 1. The van der Waals surface area contributed by atoms with Crippen LogP contribution in [0.25, 0.3) is 10.8 Å². The number of benzene rings is 2. The van der Waals surface area contributed by atoms with Crippen LogP contribution >= 0.6 is 24.0 Å². The summed E-state index contributed by atoms with van der Waals surface area (Å²) in [6.07, 6.45) is 4.94. The third-order valence-corrected chi connectivity index (χ3v) is 4.32. The molecule has 118 valence electrons. The Balaban J connectivity index is 0.00000176. The predicted octanol–water partition coefficient (Wildman–Crippen LogP) is 3.70. The van der Waals surface area contributed by atoms with Gasteiger partial charge in [-0.2, -0.15) is 0 Å². The van der Waals surface area contributed by atoms with Gasteiger partial charge in [-0.25, -0.2) is 0 Å². The van der Waals surface area contributed by atoms with Crippen molar-refractivity contribution < 1.29 is 0 Å². The van der Waals surface area contributed by atoms with Gasteiger partial charge in [0.15, 0.2) is 5.96 Å². The molecule has 2 aromatic rings. The Morgan fingerprint density at radius 3 is 2.68 bits per heavy atom. The first-order chi connectivity index (χ1) is 10.3. The van der Waals surface area contributed by atoms with Crippen LogP contribution in [0.2, 0.25) is 0 Å². The maximum absolute atomic E-state index is 5.92. The number of fused-ring (bicyclic) bond motifs is 1. The summed E-state index contributed by atoms with van der Waals surface area (Å²) in [5.41, 5.74) is 7.27. The van der Waals surface area contributed by atoms with E-state index in [1.54, 1.807) is 0 Å². The first-order valence-corrected chi connectivity index (χ1v) is 7.83. The van der Waals surface area contributed by atoms with Crippen LogP contribution in [0.3, 0.4) is 0 Å². The van der Waals surface area contributed by atoms with Gasteiger partial charge in [0.25, 0.3) is 0 Å². The molecular weight excluding hydrogens is 385 g/mol. The van der Waals surface area contributed by atoms with Crippen molar-refractivity contribution in [2.75, 3.05) is 13.1 Å². The fourth-order valence-electron chi connectivity index (χ4n) is 2.79. The summed E-state index contributed by atoms with van der Waals surface area (Å²) in [6.45, 7) is 1.71. The molecule has 0 aromatic heterocycles. The molecule has 3 nitrogen and oxygen atoms in total. The van der Waals surface area contributed by atoms with Crippen LogP contribution in [-0.2, 0) is 6.42 Å². The molecule has 3 rings (SSSR count). The molecule has 1 aliphatic rings. The van der Waals surface area contributed by atoms with Crippen LogP contribution in [0.1, 0.15) is 24.8 Å². The smallest absolute Gasteiger partial charge is 0.188 e. The summed E-state index contributed by atoms with van der Waals surface area (Å²) in [6, 6.07) is 15.0. The zero-order valence-electron chi connectivity index (χ0n) is 12.8. The Hall–Kier alpha value is -1.30. The summed E-state index contributed by atoms with van der Waals surface area (Å²) in [7, 11) is 0. The topological polar surface area (TPSA) is 50.4 Å². The highest BCUT2D eigenvalue weighted by Gasteiger charge is 2.16. The van der Waals surface area contributed by atoms with E-state index in [0.717, 1.165) is 25.4 Å². The van der Waals surface area contributed by atoms with E-state index in [1.165, 1.54) is 35.6 Å². The van der Waals surface area contributed by atoms with Crippen molar-refractivity contribution in [3.63, 3.8) is 0 Å². The highest BCUT2D eigenvalue weighted by Crippen LogP contribution is 2.26. The molecular formula is C18H24IN3. The Labute approximate surface area is 149 Å². The van der Waals surface area contributed by atoms with Crippen LogP contribution in [0.5, 0.6) is 0 Å². The average molecular weight is 409 g/mol. The highest BCUT2D eigenvalue weighted by atomic mass is 127. The number of hydrogen-bond donors (Lipinski definition) is 2. The van der Waals surface area contributed by atoms with Gasteiger partial charge in [-0.05, 0) is 41.5 Å². The Bertz CT molecular complexity index is 630. The molecule has 22 heavy (non-hydrogen) atoms. The van der Waals surface area contributed by atoms with Gasteiger partial charge in [-0.15, -0.1) is 24.0 Å². The molecule has 0 heterocycles. The van der Waals surface area contributed by atoms with Crippen molar-refractivity contribution in [3.8, 4) is 0 Å². The van der Waals surface area contributed by atoms with Gasteiger partial charge in [0.05, 0.1) is 0 Å². The number of nitrogens with two attached hydrogens (primary N) is 1. The summed E-state index contributed by atoms with van der Waals surface area (Å²) in [4.78, 5) is 4.42. The molecule has 4 heteroatoms. The van der Waals surface area contributed by atoms with Gasteiger partial charge < -0.3 is 11.1 Å². The van der Waals surface area contributed by atoms with Crippen molar-refractivity contribution in [2.45, 2.75) is 25.7 Å². The monoisotopic (exact) mass is 409 g/mol. The second-order valence-electron chi connectivity index (χ2n) is 5.84. The van der Waals surface area contributed by atoms with Crippen molar-refractivity contribution in [2.24, 2.45) is 16.6 Å². The van der Waals surface area contributed by atoms with Crippen LogP contribution in [0.15, 0.2) is 47.5 Å². The van der Waals surface area contributed by atoms with Crippen molar-refractivity contribution in [1.82, 2.24) is 5.32 Å². The van der Waals surface area contributed by atoms with E-state index in [4.69, 9.17) is 5.73 Å². The third kappa shape index (κ3) is 4.35. The number of aliphatic imine (C=N–C) groups is 1. The minimum Gasteiger partial charge on any atom is -0.370 e. The molecule has 0 atom stereocenters. The fraction of sp³-hybridized carbons (Fsp3) is 0.389. The summed E-state index contributed by atoms with van der Waals surface area (Å²) >= 11 is 0. The van der Waals surface area contributed by atoms with Gasteiger partial charge in [0.2, 0.25) is 0 Å². The predicted molar refractivity (Wildman–Crippen MR) is 105 cm³/mol. The fourth-order valence-corrected chi connectivity index (χ4v) is 2.79. The van der Waals surface area contributed by atoms with Crippen LogP contribution < -0.4 is 11.1 Å². The van der Waals surface area contributed by atoms with Crippen LogP contribution in [0.4, 0.5) is 0 Å². The van der Waals surface area contributed by atoms with E-state index >= 15 is 0 Å². The number of nitrogens with zero attached hydrogens (tertiary/aromatic N) is 1. The van der Waals surface area contributed by atoms with Crippen LogP contribution in [0, 0.1) is 5.92 Å². The average Bonchev–Trinajstić information content (AvgIpc) is 2.46. The van der Waals surface area contributed by atoms with E-state index in [-0.39, 0.29) is 24.0 Å². The van der Waals surface area contributed by atoms with E-state index in [2.05, 4.69) is 52.8 Å². The molecule has 0 spiro atoms. The van der Waals surface area contributed by atoms with E-state index in [9.17, 15) is 0 Å². The van der Waals surface area contributed by atoms with E-state index in [1.807, 2.05) is 0 Å². The second-order valence-corrected chi connectivity index (χ2v) is 5.84. The molecule has 0 amide bonds. The van der Waals surface area contributed by atoms with Crippen molar-refractivity contribution >= 4 is 40.7 Å². The molecule has 0 saturated heterocycles. The number of guanidine groups is 1. The Morgan fingerprint density at radius 1 is 1.14 bits per heavy atom. The summed E-state index contributed by atoms with van der Waals surface area (Å²) in [5, 5.41) is 5.85. The second kappa shape index (κ2) is 8.36. The largest absolute Gasteiger partial charge is 0.370 e. The normalized spacial score (nSPS) is 15.2. The minimum absolute atomic E-state index is 0. The molecule has 1 fully saturated rings. The first kappa shape index (κ1) is 17.1. The van der Waals surface area contributed by atoms with Gasteiger partial charge in [0.1, 0.15) is 0 Å². The van der Waals surface area contributed by atoms with Crippen molar-refractivity contribution in [1.29, 1.82) is 0 Å². The van der Waals surface area contributed by atoms with Crippen LogP contribution in [-0.4, -0.2) is 19.0 Å². The lowest BCUT2D eigenvalue weighted by Gasteiger charge is -2.23. The van der Waals surface area contributed by atoms with Crippen molar-refractivity contribution in [3.05, 3.63) is 48.0 Å². The number of hydrogen-bond acceptors (Lipinski definition) is 1. The van der Waals surface area contributed by atoms with Gasteiger partial charge in [-0.1, -0.05) is 48.9 Å². The summed E-state index contributed by atoms with van der Waals surface area (Å²) in [5.74, 6) is 1.35. The zero-order chi connectivity index (χ0) is 14.5. The van der Waals surface area contributed by atoms with Gasteiger partial charge in [0, 0.05) is 13.1 Å². The molecule has 1 saturated carbocycles. The number of halogens is 1. The molecule has 0 bridgehead atoms.